The molecule has 33 heavy (non-hydrogen) atoms. The van der Waals surface area contributed by atoms with Crippen LogP contribution in [0.25, 0.3) is 22.5 Å². The third-order valence-electron chi connectivity index (χ3n) is 4.72. The van der Waals surface area contributed by atoms with E-state index in [4.69, 9.17) is 0 Å². The van der Waals surface area contributed by atoms with E-state index < -0.39 is 29.5 Å². The van der Waals surface area contributed by atoms with Gasteiger partial charge in [0.1, 0.15) is 5.69 Å². The van der Waals surface area contributed by atoms with Gasteiger partial charge in [-0.1, -0.05) is 26.0 Å². The van der Waals surface area contributed by atoms with Crippen molar-refractivity contribution in [1.29, 1.82) is 0 Å². The summed E-state index contributed by atoms with van der Waals surface area (Å²) in [5.74, 6) is -0.517. The molecule has 0 unspecified atom stereocenters. The van der Waals surface area contributed by atoms with Crippen LogP contribution in [-0.2, 0) is 17.5 Å². The molecule has 1 aromatic carbocycles. The molecule has 0 aliphatic rings. The first-order chi connectivity index (χ1) is 15.5. The van der Waals surface area contributed by atoms with Gasteiger partial charge in [0, 0.05) is 29.8 Å². The van der Waals surface area contributed by atoms with Crippen LogP contribution in [0.4, 0.5) is 22.0 Å². The Morgan fingerprint density at radius 3 is 2.36 bits per heavy atom. The Labute approximate surface area is 184 Å². The van der Waals surface area contributed by atoms with Crippen LogP contribution in [0, 0.1) is 5.92 Å². The van der Waals surface area contributed by atoms with Gasteiger partial charge in [-0.3, -0.25) is 9.78 Å². The number of carbonyl (C=O) groups excluding carboxylic acids is 1. The van der Waals surface area contributed by atoms with Crippen molar-refractivity contribution in [2.24, 2.45) is 5.92 Å². The summed E-state index contributed by atoms with van der Waals surface area (Å²) in [7, 11) is 0. The second-order valence-electron chi connectivity index (χ2n) is 7.51. The molecule has 2 aromatic heterocycles. The molecule has 3 aromatic rings. The molecular formula is C22H19F5N4O2. The van der Waals surface area contributed by atoms with Crippen LogP contribution in [-0.4, -0.2) is 20.9 Å². The number of nitrogens with zero attached hydrogens (tertiary/aromatic N) is 2. The van der Waals surface area contributed by atoms with Crippen molar-refractivity contribution in [3.63, 3.8) is 0 Å². The number of H-pyrrole nitrogens is 1. The maximum absolute atomic E-state index is 13.6. The van der Waals surface area contributed by atoms with Gasteiger partial charge in [-0.2, -0.15) is 18.2 Å². The van der Waals surface area contributed by atoms with Gasteiger partial charge in [0.25, 0.3) is 6.43 Å². The average Bonchev–Trinajstić information content (AvgIpc) is 2.76. The van der Waals surface area contributed by atoms with E-state index in [2.05, 4.69) is 20.3 Å². The van der Waals surface area contributed by atoms with Crippen molar-refractivity contribution in [3.8, 4) is 22.5 Å². The fraction of sp³-hybridized carbons (Fsp3) is 0.273. The Kier molecular flexibility index (Phi) is 6.89. The van der Waals surface area contributed by atoms with E-state index in [-0.39, 0.29) is 40.9 Å². The molecule has 0 fully saturated rings. The Morgan fingerprint density at radius 1 is 1.12 bits per heavy atom. The summed E-state index contributed by atoms with van der Waals surface area (Å²) in [4.78, 5) is 33.8. The number of aromatic nitrogens is 3. The van der Waals surface area contributed by atoms with Crippen molar-refractivity contribution in [2.45, 2.75) is 33.0 Å². The number of benzene rings is 1. The molecule has 1 amide bonds. The Morgan fingerprint density at radius 2 is 1.79 bits per heavy atom. The van der Waals surface area contributed by atoms with E-state index in [0.29, 0.717) is 5.56 Å². The number of pyridine rings is 1. The lowest BCUT2D eigenvalue weighted by molar-refractivity contribution is -0.137. The molecule has 0 radical (unpaired) electrons. The van der Waals surface area contributed by atoms with E-state index in [9.17, 15) is 31.5 Å². The highest BCUT2D eigenvalue weighted by atomic mass is 19.4. The van der Waals surface area contributed by atoms with E-state index >= 15 is 0 Å². The first-order valence-electron chi connectivity index (χ1n) is 9.79. The number of nitrogens with one attached hydrogen (secondary N) is 2. The van der Waals surface area contributed by atoms with E-state index in [1.54, 1.807) is 13.8 Å². The van der Waals surface area contributed by atoms with E-state index in [1.165, 1.54) is 18.3 Å². The lowest BCUT2D eigenvalue weighted by Gasteiger charge is -2.13. The molecule has 0 aliphatic heterocycles. The predicted octanol–water partition coefficient (Wildman–Crippen LogP) is 4.73. The molecule has 0 aliphatic carbocycles. The number of carbonyl (C=O) groups is 1. The molecule has 0 atom stereocenters. The summed E-state index contributed by atoms with van der Waals surface area (Å²) in [6.07, 6.45) is -6.30. The molecule has 2 heterocycles. The Bertz CT molecular complexity index is 1200. The summed E-state index contributed by atoms with van der Waals surface area (Å²) >= 11 is 0. The summed E-state index contributed by atoms with van der Waals surface area (Å²) in [6, 6.07) is 6.58. The predicted molar refractivity (Wildman–Crippen MR) is 110 cm³/mol. The zero-order valence-electron chi connectivity index (χ0n) is 17.5. The molecule has 0 spiro atoms. The number of alkyl halides is 5. The molecule has 2 N–H and O–H groups in total. The minimum atomic E-state index is -4.53. The fourth-order valence-electron chi connectivity index (χ4n) is 2.98. The third kappa shape index (κ3) is 5.79. The second kappa shape index (κ2) is 9.47. The Balaban J connectivity index is 2.03. The maximum atomic E-state index is 13.6. The van der Waals surface area contributed by atoms with Crippen molar-refractivity contribution in [1.82, 2.24) is 20.3 Å². The lowest BCUT2D eigenvalue weighted by atomic mass is 10.0. The summed E-state index contributed by atoms with van der Waals surface area (Å²) < 4.78 is 65.6. The van der Waals surface area contributed by atoms with Crippen LogP contribution in [0.2, 0.25) is 0 Å². The number of halogens is 5. The van der Waals surface area contributed by atoms with Crippen LogP contribution < -0.4 is 11.0 Å². The average molecular weight is 466 g/mol. The van der Waals surface area contributed by atoms with Gasteiger partial charge in [-0.05, 0) is 29.8 Å². The largest absolute Gasteiger partial charge is 0.416 e. The first-order valence-corrected chi connectivity index (χ1v) is 9.79. The summed E-state index contributed by atoms with van der Waals surface area (Å²) in [6.45, 7) is 3.42. The molecule has 0 saturated carbocycles. The van der Waals surface area contributed by atoms with E-state index in [1.807, 2.05) is 0 Å². The van der Waals surface area contributed by atoms with Crippen LogP contribution in [0.15, 0.2) is 47.4 Å². The van der Waals surface area contributed by atoms with Gasteiger partial charge in [-0.15, -0.1) is 0 Å². The van der Waals surface area contributed by atoms with Gasteiger partial charge in [-0.25, -0.2) is 13.6 Å². The lowest BCUT2D eigenvalue weighted by Crippen LogP contribution is -2.27. The summed E-state index contributed by atoms with van der Waals surface area (Å²) in [5.41, 5.74) is -1.87. The van der Waals surface area contributed by atoms with Crippen LogP contribution >= 0.6 is 0 Å². The van der Waals surface area contributed by atoms with Crippen LogP contribution in [0.1, 0.15) is 37.1 Å². The molecule has 0 saturated heterocycles. The SMILES string of the molecule is CC(C)C(=O)NCc1cnc(C(F)F)c(-c2cc(-c3ccc(C(F)(F)F)cc3)nc(=O)[nH]2)c1. The highest BCUT2D eigenvalue weighted by Crippen LogP contribution is 2.32. The highest BCUT2D eigenvalue weighted by molar-refractivity contribution is 5.78. The molecule has 174 valence electrons. The molecule has 3 rings (SSSR count). The third-order valence-corrected chi connectivity index (χ3v) is 4.72. The normalized spacial score (nSPS) is 11.8. The number of hydrogen-bond acceptors (Lipinski definition) is 4. The number of rotatable bonds is 6. The zero-order valence-corrected chi connectivity index (χ0v) is 17.5. The van der Waals surface area contributed by atoms with Gasteiger partial charge >= 0.3 is 11.9 Å². The summed E-state index contributed by atoms with van der Waals surface area (Å²) in [5, 5.41) is 2.65. The monoisotopic (exact) mass is 466 g/mol. The maximum Gasteiger partial charge on any atom is 0.416 e. The standard InChI is InChI=1S/C22H19F5N4O2/c1-11(2)20(32)29-10-12-7-15(18(19(23)24)28-9-12)17-8-16(30-21(33)31-17)13-3-5-14(6-4-13)22(25,26)27/h3-9,11,19H,10H2,1-2H3,(H,29,32)(H,30,31,33). The second-order valence-corrected chi connectivity index (χ2v) is 7.51. The fourth-order valence-corrected chi connectivity index (χ4v) is 2.98. The van der Waals surface area contributed by atoms with Gasteiger partial charge in [0.15, 0.2) is 0 Å². The first kappa shape index (κ1) is 24.0. The number of aromatic amines is 1. The quantitative estimate of drug-likeness (QED) is 0.515. The smallest absolute Gasteiger partial charge is 0.352 e. The van der Waals surface area contributed by atoms with Crippen LogP contribution in [0.3, 0.4) is 0 Å². The number of hydrogen-bond donors (Lipinski definition) is 2. The zero-order chi connectivity index (χ0) is 24.3. The van der Waals surface area contributed by atoms with Gasteiger partial charge < -0.3 is 10.3 Å². The minimum Gasteiger partial charge on any atom is -0.352 e. The molecule has 6 nitrogen and oxygen atoms in total. The van der Waals surface area contributed by atoms with Crippen molar-refractivity contribution in [3.05, 3.63) is 69.9 Å². The van der Waals surface area contributed by atoms with E-state index in [0.717, 1.165) is 24.3 Å². The molecule has 0 bridgehead atoms. The van der Waals surface area contributed by atoms with Gasteiger partial charge in [0.05, 0.1) is 17.0 Å². The molecule has 11 heteroatoms. The number of amides is 1. The topological polar surface area (TPSA) is 87.7 Å². The minimum absolute atomic E-state index is 0.00112. The van der Waals surface area contributed by atoms with Gasteiger partial charge in [0.2, 0.25) is 5.91 Å². The van der Waals surface area contributed by atoms with Crippen molar-refractivity contribution < 1.29 is 26.7 Å². The van der Waals surface area contributed by atoms with Crippen molar-refractivity contribution in [2.75, 3.05) is 0 Å². The van der Waals surface area contributed by atoms with Crippen molar-refractivity contribution >= 4 is 5.91 Å². The highest BCUT2D eigenvalue weighted by Gasteiger charge is 2.30. The molecular weight excluding hydrogens is 447 g/mol. The van der Waals surface area contributed by atoms with Crippen LogP contribution in [0.5, 0.6) is 0 Å². The Hall–Kier alpha value is -3.63.